The molecular formula is C22H42N4O2. The summed E-state index contributed by atoms with van der Waals surface area (Å²) in [5, 5.41) is 7.54. The molecule has 1 rings (SSSR count). The molecule has 0 aliphatic carbocycles. The minimum atomic E-state index is -0.440. The van der Waals surface area contributed by atoms with Gasteiger partial charge in [0.25, 0.3) is 0 Å². The van der Waals surface area contributed by atoms with Gasteiger partial charge in [-0.1, -0.05) is 65.3 Å². The Hall–Kier alpha value is -2.34. The molecule has 1 amide bonds. The van der Waals surface area contributed by atoms with Gasteiger partial charge in [-0.25, -0.2) is 10.5 Å². The van der Waals surface area contributed by atoms with Crippen LogP contribution in [0, 0.1) is 0 Å². The van der Waals surface area contributed by atoms with Crippen molar-refractivity contribution in [2.75, 3.05) is 20.1 Å². The van der Waals surface area contributed by atoms with Crippen LogP contribution in [0.25, 0.3) is 0 Å². The molecule has 0 radical (unpaired) electrons. The Balaban J connectivity index is -0.000000470. The van der Waals surface area contributed by atoms with Gasteiger partial charge in [0.05, 0.1) is 0 Å². The second-order valence-corrected chi connectivity index (χ2v) is 5.91. The van der Waals surface area contributed by atoms with Crippen LogP contribution < -0.4 is 5.48 Å². The Bertz CT molecular complexity index is 507. The first-order valence-electron chi connectivity index (χ1n) is 9.88. The third-order valence-corrected chi connectivity index (χ3v) is 2.78. The largest absolute Gasteiger partial charge is 0.357 e. The van der Waals surface area contributed by atoms with Gasteiger partial charge in [-0.15, -0.1) is 0 Å². The van der Waals surface area contributed by atoms with E-state index < -0.39 is 5.91 Å². The van der Waals surface area contributed by atoms with Gasteiger partial charge in [-0.05, 0) is 26.0 Å². The molecule has 0 unspecified atom stereocenters. The Morgan fingerprint density at radius 3 is 2.14 bits per heavy atom. The minimum Gasteiger partial charge on any atom is -0.357 e. The zero-order valence-corrected chi connectivity index (χ0v) is 19.2. The Morgan fingerprint density at radius 2 is 1.79 bits per heavy atom. The molecular weight excluding hydrogens is 352 g/mol. The quantitative estimate of drug-likeness (QED) is 0.228. The summed E-state index contributed by atoms with van der Waals surface area (Å²) >= 11 is 0. The molecule has 1 aliphatic rings. The highest BCUT2D eigenvalue weighted by Crippen LogP contribution is 2.13. The molecule has 1 heterocycles. The van der Waals surface area contributed by atoms with Crippen molar-refractivity contribution in [3.8, 4) is 0 Å². The van der Waals surface area contributed by atoms with Crippen molar-refractivity contribution in [2.45, 2.75) is 61.3 Å². The number of nitrogens with one attached hydrogen (secondary N) is 1. The van der Waals surface area contributed by atoms with Crippen LogP contribution in [0.3, 0.4) is 0 Å². The van der Waals surface area contributed by atoms with Gasteiger partial charge in [0.2, 0.25) is 5.91 Å². The second-order valence-electron chi connectivity index (χ2n) is 5.91. The molecule has 0 saturated carbocycles. The standard InChI is InChI=1S/C14H21N3.2C3H8.C2H5NO2/c1-5-7-11-15-13(3)17(6-2)14-10-8-9-12-16(14)4;2*1-3-2;1-2(4)3-5/h5,7-11H,1,6,12H2,2-4H3;2*3H2,1-2H3;5H,1H3,(H,3,4)/b11-7-,15-13?;;;. The van der Waals surface area contributed by atoms with Crippen LogP contribution in [-0.2, 0) is 4.79 Å². The van der Waals surface area contributed by atoms with E-state index in [1.54, 1.807) is 12.3 Å². The molecule has 0 spiro atoms. The number of amidine groups is 1. The molecule has 0 saturated heterocycles. The lowest BCUT2D eigenvalue weighted by molar-refractivity contribution is -0.126. The molecule has 0 atom stereocenters. The number of carbonyl (C=O) groups is 1. The Labute approximate surface area is 173 Å². The third kappa shape index (κ3) is 18.5. The highest BCUT2D eigenvalue weighted by Gasteiger charge is 2.14. The normalized spacial score (nSPS) is 12.4. The second kappa shape index (κ2) is 22.7. The van der Waals surface area contributed by atoms with Gasteiger partial charge in [-0.3, -0.25) is 10.0 Å². The lowest BCUT2D eigenvalue weighted by Crippen LogP contribution is -2.37. The summed E-state index contributed by atoms with van der Waals surface area (Å²) in [5.41, 5.74) is 1.39. The first-order chi connectivity index (χ1) is 13.3. The molecule has 162 valence electrons. The molecule has 0 aromatic heterocycles. The first-order valence-corrected chi connectivity index (χ1v) is 9.88. The molecule has 2 N–H and O–H groups in total. The SMILES string of the molecule is C=C/C=C\N=C(C)N(CC)C1=CC=CCN1C.CC(=O)NO.CCC.CCC. The summed E-state index contributed by atoms with van der Waals surface area (Å²) in [7, 11) is 2.09. The maximum absolute atomic E-state index is 9.45. The van der Waals surface area contributed by atoms with E-state index in [1.807, 2.05) is 13.0 Å². The summed E-state index contributed by atoms with van der Waals surface area (Å²) < 4.78 is 0. The predicted octanol–water partition coefficient (Wildman–Crippen LogP) is 5.11. The monoisotopic (exact) mass is 394 g/mol. The number of rotatable bonds is 4. The summed E-state index contributed by atoms with van der Waals surface area (Å²) in [5.74, 6) is 1.73. The fourth-order valence-corrected chi connectivity index (χ4v) is 1.73. The molecule has 0 aromatic carbocycles. The van der Waals surface area contributed by atoms with E-state index in [0.29, 0.717) is 0 Å². The summed E-state index contributed by atoms with van der Waals surface area (Å²) in [4.78, 5) is 18.2. The van der Waals surface area contributed by atoms with Crippen LogP contribution in [0.4, 0.5) is 0 Å². The van der Waals surface area contributed by atoms with Crippen molar-refractivity contribution < 1.29 is 10.0 Å². The van der Waals surface area contributed by atoms with E-state index in [9.17, 15) is 4.79 Å². The van der Waals surface area contributed by atoms with Crippen molar-refractivity contribution in [3.05, 3.63) is 49.0 Å². The van der Waals surface area contributed by atoms with Crippen molar-refractivity contribution >= 4 is 11.7 Å². The van der Waals surface area contributed by atoms with E-state index in [0.717, 1.165) is 18.9 Å². The van der Waals surface area contributed by atoms with Crippen molar-refractivity contribution in [1.29, 1.82) is 0 Å². The van der Waals surface area contributed by atoms with Gasteiger partial charge in [0.1, 0.15) is 11.7 Å². The summed E-state index contributed by atoms with van der Waals surface area (Å²) in [6.07, 6.45) is 14.2. The third-order valence-electron chi connectivity index (χ3n) is 2.78. The summed E-state index contributed by atoms with van der Waals surface area (Å²) in [6, 6.07) is 0. The van der Waals surface area contributed by atoms with E-state index in [4.69, 9.17) is 5.21 Å². The highest BCUT2D eigenvalue weighted by molar-refractivity contribution is 5.82. The lowest BCUT2D eigenvalue weighted by Gasteiger charge is -2.33. The fraction of sp³-hybridized carbons (Fsp3) is 0.545. The number of hydrogen-bond donors (Lipinski definition) is 2. The zero-order chi connectivity index (χ0) is 22.4. The maximum Gasteiger partial charge on any atom is 0.240 e. The van der Waals surface area contributed by atoms with Crippen molar-refractivity contribution in [3.63, 3.8) is 0 Å². The topological polar surface area (TPSA) is 68.2 Å². The van der Waals surface area contributed by atoms with Gasteiger partial charge >= 0.3 is 0 Å². The number of allylic oxidation sites excluding steroid dienone is 4. The summed E-state index contributed by atoms with van der Waals surface area (Å²) in [6.45, 7) is 19.3. The molecule has 0 fully saturated rings. The van der Waals surface area contributed by atoms with E-state index in [-0.39, 0.29) is 0 Å². The van der Waals surface area contributed by atoms with Crippen LogP contribution in [0.2, 0.25) is 0 Å². The average molecular weight is 395 g/mol. The number of hydroxylamine groups is 1. The number of hydrogen-bond acceptors (Lipinski definition) is 4. The predicted molar refractivity (Wildman–Crippen MR) is 122 cm³/mol. The van der Waals surface area contributed by atoms with Crippen molar-refractivity contribution in [1.82, 2.24) is 15.3 Å². The Morgan fingerprint density at radius 1 is 1.29 bits per heavy atom. The highest BCUT2D eigenvalue weighted by atomic mass is 16.5. The number of likely N-dealkylation sites (N-methyl/N-ethyl adjacent to an activating group) is 1. The molecule has 0 bridgehead atoms. The van der Waals surface area contributed by atoms with Crippen LogP contribution >= 0.6 is 0 Å². The van der Waals surface area contributed by atoms with E-state index in [2.05, 4.69) is 81.3 Å². The zero-order valence-electron chi connectivity index (χ0n) is 19.2. The lowest BCUT2D eigenvalue weighted by atomic mass is 10.3. The maximum atomic E-state index is 9.45. The average Bonchev–Trinajstić information content (AvgIpc) is 2.66. The van der Waals surface area contributed by atoms with Crippen LogP contribution in [0.1, 0.15) is 61.3 Å². The number of amides is 1. The minimum absolute atomic E-state index is 0.440. The molecule has 6 nitrogen and oxygen atoms in total. The molecule has 1 aliphatic heterocycles. The molecule has 28 heavy (non-hydrogen) atoms. The number of nitrogens with zero attached hydrogens (tertiary/aromatic N) is 3. The first kappa shape index (κ1) is 30.4. The number of carbonyl (C=O) groups excluding carboxylic acids is 1. The van der Waals surface area contributed by atoms with Crippen LogP contribution in [0.5, 0.6) is 0 Å². The van der Waals surface area contributed by atoms with Gasteiger partial charge in [0, 0.05) is 33.3 Å². The van der Waals surface area contributed by atoms with Gasteiger partial charge in [0.15, 0.2) is 0 Å². The Kier molecular flexibility index (Phi) is 24.6. The van der Waals surface area contributed by atoms with E-state index in [1.165, 1.54) is 31.1 Å². The van der Waals surface area contributed by atoms with Crippen LogP contribution in [-0.4, -0.2) is 46.9 Å². The molecule has 6 heteroatoms. The smallest absolute Gasteiger partial charge is 0.240 e. The van der Waals surface area contributed by atoms with Crippen LogP contribution in [0.15, 0.2) is 54.0 Å². The molecule has 0 aromatic rings. The van der Waals surface area contributed by atoms with Gasteiger partial charge in [-0.2, -0.15) is 0 Å². The van der Waals surface area contributed by atoms with E-state index >= 15 is 0 Å². The number of aliphatic imine (C=N–C) groups is 1. The fourth-order valence-electron chi connectivity index (χ4n) is 1.73. The van der Waals surface area contributed by atoms with Gasteiger partial charge < -0.3 is 9.80 Å². The van der Waals surface area contributed by atoms with Crippen molar-refractivity contribution in [2.24, 2.45) is 4.99 Å².